The van der Waals surface area contributed by atoms with Gasteiger partial charge in [0.15, 0.2) is 0 Å². The van der Waals surface area contributed by atoms with Crippen LogP contribution in [-0.4, -0.2) is 18.7 Å². The van der Waals surface area contributed by atoms with Crippen molar-refractivity contribution in [3.8, 4) is 0 Å². The van der Waals surface area contributed by atoms with Gasteiger partial charge in [0.05, 0.1) is 11.7 Å². The van der Waals surface area contributed by atoms with Crippen LogP contribution >= 0.6 is 0 Å². The predicted octanol–water partition coefficient (Wildman–Crippen LogP) is 4.30. The van der Waals surface area contributed by atoms with E-state index in [4.69, 9.17) is 4.74 Å². The van der Waals surface area contributed by atoms with Crippen molar-refractivity contribution in [3.63, 3.8) is 0 Å². The Morgan fingerprint density at radius 1 is 1.10 bits per heavy atom. The second-order valence-corrected chi connectivity index (χ2v) is 7.94. The van der Waals surface area contributed by atoms with Gasteiger partial charge in [-0.2, -0.15) is 0 Å². The van der Waals surface area contributed by atoms with Crippen molar-refractivity contribution >= 4 is 0 Å². The first-order valence-corrected chi connectivity index (χ1v) is 8.35. The van der Waals surface area contributed by atoms with Crippen molar-refractivity contribution in [2.24, 2.45) is 5.41 Å². The van der Waals surface area contributed by atoms with E-state index in [2.05, 4.69) is 51.2 Å². The summed E-state index contributed by atoms with van der Waals surface area (Å²) in [7, 11) is 0. The molecule has 1 saturated carbocycles. The summed E-state index contributed by atoms with van der Waals surface area (Å²) >= 11 is 0. The van der Waals surface area contributed by atoms with Gasteiger partial charge in [-0.15, -0.1) is 0 Å². The second kappa shape index (κ2) is 5.40. The lowest BCUT2D eigenvalue weighted by Crippen LogP contribution is -2.53. The Bertz CT molecular complexity index is 510. The van der Waals surface area contributed by atoms with Gasteiger partial charge in [-0.3, -0.25) is 0 Å². The highest BCUT2D eigenvalue weighted by Gasteiger charge is 2.43. The number of hydrogen-bond donors (Lipinski definition) is 1. The van der Waals surface area contributed by atoms with Gasteiger partial charge in [-0.1, -0.05) is 37.6 Å². The first-order chi connectivity index (χ1) is 9.89. The van der Waals surface area contributed by atoms with Gasteiger partial charge in [-0.25, -0.2) is 0 Å². The second-order valence-electron chi connectivity index (χ2n) is 7.94. The van der Waals surface area contributed by atoms with Crippen LogP contribution in [0.25, 0.3) is 0 Å². The first kappa shape index (κ1) is 15.1. The van der Waals surface area contributed by atoms with Crippen molar-refractivity contribution in [2.45, 2.75) is 65.1 Å². The monoisotopic (exact) mass is 287 g/mol. The highest BCUT2D eigenvalue weighted by atomic mass is 16.5. The molecule has 1 N–H and O–H groups in total. The maximum Gasteiger partial charge on any atom is 0.0959 e. The molecule has 116 valence electrons. The van der Waals surface area contributed by atoms with Crippen LogP contribution in [0.3, 0.4) is 0 Å². The molecule has 1 aliphatic heterocycles. The van der Waals surface area contributed by atoms with Gasteiger partial charge >= 0.3 is 0 Å². The van der Waals surface area contributed by atoms with Crippen LogP contribution in [0.4, 0.5) is 0 Å². The third-order valence-electron chi connectivity index (χ3n) is 5.46. The molecule has 1 spiro atoms. The SMILES string of the molecule is Cc1ccc(C2CNCC3(CCC(C)(C)CC3)O2)c(C)c1. The van der Waals surface area contributed by atoms with E-state index >= 15 is 0 Å². The zero-order valence-electron chi connectivity index (χ0n) is 14.0. The number of benzene rings is 1. The zero-order chi connectivity index (χ0) is 15.1. The normalized spacial score (nSPS) is 27.7. The Morgan fingerprint density at radius 2 is 1.81 bits per heavy atom. The zero-order valence-corrected chi connectivity index (χ0v) is 14.0. The quantitative estimate of drug-likeness (QED) is 0.831. The minimum atomic E-state index is 0.0652. The first-order valence-electron chi connectivity index (χ1n) is 8.35. The smallest absolute Gasteiger partial charge is 0.0959 e. The van der Waals surface area contributed by atoms with Crippen LogP contribution in [0.1, 0.15) is 62.3 Å². The predicted molar refractivity (Wildman–Crippen MR) is 87.6 cm³/mol. The van der Waals surface area contributed by atoms with Gasteiger partial charge < -0.3 is 10.1 Å². The van der Waals surface area contributed by atoms with Gasteiger partial charge in [0, 0.05) is 13.1 Å². The molecule has 21 heavy (non-hydrogen) atoms. The largest absolute Gasteiger partial charge is 0.364 e. The molecular weight excluding hydrogens is 258 g/mol. The lowest BCUT2D eigenvalue weighted by Gasteiger charge is -2.48. The Morgan fingerprint density at radius 3 is 2.48 bits per heavy atom. The lowest BCUT2D eigenvalue weighted by atomic mass is 9.70. The fraction of sp³-hybridized carbons (Fsp3) is 0.684. The molecule has 2 fully saturated rings. The molecule has 2 aliphatic rings. The molecule has 0 aromatic heterocycles. The maximum atomic E-state index is 6.65. The molecule has 0 radical (unpaired) electrons. The average Bonchev–Trinajstić information content (AvgIpc) is 2.43. The highest BCUT2D eigenvalue weighted by molar-refractivity contribution is 5.32. The van der Waals surface area contributed by atoms with Crippen LogP contribution in [0, 0.1) is 19.3 Å². The summed E-state index contributed by atoms with van der Waals surface area (Å²) in [6, 6.07) is 6.73. The molecule has 3 rings (SSSR count). The molecule has 1 aromatic carbocycles. The molecule has 2 heteroatoms. The number of rotatable bonds is 1. The summed E-state index contributed by atoms with van der Waals surface area (Å²) in [5, 5.41) is 3.64. The van der Waals surface area contributed by atoms with Gasteiger partial charge in [0.1, 0.15) is 0 Å². The third-order valence-corrected chi connectivity index (χ3v) is 5.46. The Hall–Kier alpha value is -0.860. The fourth-order valence-electron chi connectivity index (χ4n) is 3.85. The van der Waals surface area contributed by atoms with Gasteiger partial charge in [0.2, 0.25) is 0 Å². The minimum Gasteiger partial charge on any atom is -0.364 e. The molecule has 1 atom stereocenters. The summed E-state index contributed by atoms with van der Waals surface area (Å²) in [5.74, 6) is 0. The van der Waals surface area contributed by atoms with E-state index < -0.39 is 0 Å². The van der Waals surface area contributed by atoms with Crippen LogP contribution < -0.4 is 5.32 Å². The Kier molecular flexibility index (Phi) is 3.87. The van der Waals surface area contributed by atoms with Crippen LogP contribution in [0.5, 0.6) is 0 Å². The summed E-state index contributed by atoms with van der Waals surface area (Å²) in [5.41, 5.74) is 4.60. The van der Waals surface area contributed by atoms with Crippen molar-refractivity contribution in [1.82, 2.24) is 5.32 Å². The highest BCUT2D eigenvalue weighted by Crippen LogP contribution is 2.45. The van der Waals surface area contributed by atoms with E-state index in [-0.39, 0.29) is 11.7 Å². The van der Waals surface area contributed by atoms with Crippen molar-refractivity contribution < 1.29 is 4.74 Å². The minimum absolute atomic E-state index is 0.0652. The molecule has 0 bridgehead atoms. The molecule has 0 amide bonds. The Balaban J connectivity index is 1.77. The van der Waals surface area contributed by atoms with Crippen molar-refractivity contribution in [2.75, 3.05) is 13.1 Å². The number of hydrogen-bond acceptors (Lipinski definition) is 2. The fourth-order valence-corrected chi connectivity index (χ4v) is 3.85. The van der Waals surface area contributed by atoms with Gasteiger partial charge in [0.25, 0.3) is 0 Å². The average molecular weight is 287 g/mol. The molecule has 1 aliphatic carbocycles. The van der Waals surface area contributed by atoms with Gasteiger partial charge in [-0.05, 0) is 56.1 Å². The molecule has 1 aromatic rings. The van der Waals surface area contributed by atoms with E-state index in [1.807, 2.05) is 0 Å². The van der Waals surface area contributed by atoms with Crippen LogP contribution in [0.2, 0.25) is 0 Å². The van der Waals surface area contributed by atoms with Crippen LogP contribution in [-0.2, 0) is 4.74 Å². The molecule has 1 saturated heterocycles. The maximum absolute atomic E-state index is 6.65. The molecular formula is C19H29NO. The Labute approximate surface area is 129 Å². The van der Waals surface area contributed by atoms with E-state index in [0.29, 0.717) is 5.41 Å². The topological polar surface area (TPSA) is 21.3 Å². The molecule has 2 nitrogen and oxygen atoms in total. The lowest BCUT2D eigenvalue weighted by molar-refractivity contribution is -0.147. The van der Waals surface area contributed by atoms with Crippen molar-refractivity contribution in [3.05, 3.63) is 34.9 Å². The standard InChI is InChI=1S/C19H29NO/c1-14-5-6-16(15(2)11-14)17-12-20-13-19(21-17)9-7-18(3,4)8-10-19/h5-6,11,17,20H,7-10,12-13H2,1-4H3. The van der Waals surface area contributed by atoms with E-state index in [1.54, 1.807) is 0 Å². The van der Waals surface area contributed by atoms with E-state index in [9.17, 15) is 0 Å². The number of aryl methyl sites for hydroxylation is 2. The van der Waals surface area contributed by atoms with E-state index in [1.165, 1.54) is 42.4 Å². The summed E-state index contributed by atoms with van der Waals surface area (Å²) in [6.45, 7) is 11.1. The summed E-state index contributed by atoms with van der Waals surface area (Å²) < 4.78 is 6.65. The summed E-state index contributed by atoms with van der Waals surface area (Å²) in [4.78, 5) is 0. The molecule has 1 heterocycles. The number of nitrogens with one attached hydrogen (secondary N) is 1. The molecule has 1 unspecified atom stereocenters. The van der Waals surface area contributed by atoms with Crippen molar-refractivity contribution in [1.29, 1.82) is 0 Å². The number of morpholine rings is 1. The third kappa shape index (κ3) is 3.17. The van der Waals surface area contributed by atoms with E-state index in [0.717, 1.165) is 13.1 Å². The number of ether oxygens (including phenoxy) is 1. The summed E-state index contributed by atoms with van der Waals surface area (Å²) in [6.07, 6.45) is 5.13. The van der Waals surface area contributed by atoms with Crippen LogP contribution in [0.15, 0.2) is 18.2 Å².